The Morgan fingerprint density at radius 2 is 0.909 bits per heavy atom. The molecule has 44 heavy (non-hydrogen) atoms. The van der Waals surface area contributed by atoms with Crippen LogP contribution in [0.1, 0.15) is 0 Å². The van der Waals surface area contributed by atoms with Crippen LogP contribution in [0.5, 0.6) is 0 Å². The van der Waals surface area contributed by atoms with E-state index in [1.54, 1.807) is 0 Å². The fraction of sp³-hybridized carbons (Fsp3) is 0. The lowest BCUT2D eigenvalue weighted by Crippen LogP contribution is -1.96. The van der Waals surface area contributed by atoms with E-state index in [1.165, 1.54) is 66.0 Å². The second-order valence-corrected chi connectivity index (χ2v) is 11.5. The highest BCUT2D eigenvalue weighted by Crippen LogP contribution is 2.40. The first-order valence-electron chi connectivity index (χ1n) is 15.1. The molecule has 0 radical (unpaired) electrons. The molecule has 0 aliphatic heterocycles. The van der Waals surface area contributed by atoms with Crippen molar-refractivity contribution in [3.05, 3.63) is 164 Å². The number of hydrogen-bond acceptors (Lipinski definition) is 0. The van der Waals surface area contributed by atoms with Crippen molar-refractivity contribution < 1.29 is 0 Å². The molecule has 0 fully saturated rings. The van der Waals surface area contributed by atoms with Crippen LogP contribution < -0.4 is 0 Å². The van der Waals surface area contributed by atoms with Gasteiger partial charge in [-0.1, -0.05) is 127 Å². The highest BCUT2D eigenvalue weighted by Gasteiger charge is 2.18. The molecule has 2 heteroatoms. The van der Waals surface area contributed by atoms with Crippen molar-refractivity contribution in [3.63, 3.8) is 0 Å². The number of aromatic nitrogens is 2. The Morgan fingerprint density at radius 1 is 0.364 bits per heavy atom. The largest absolute Gasteiger partial charge is 0.353 e. The smallest absolute Gasteiger partial charge is 0.0783 e. The summed E-state index contributed by atoms with van der Waals surface area (Å²) in [6, 6.07) is 59.2. The maximum atomic E-state index is 3.79. The SMILES string of the molecule is c1ccc(-c2cccc(-c3cc(-c4ccccc4)cc(-n4c5ccccc5c5ccc6c7ccccc7[nH]c6c54)c3)c2)cc1. The van der Waals surface area contributed by atoms with Crippen LogP contribution in [0.25, 0.3) is 82.7 Å². The van der Waals surface area contributed by atoms with Gasteiger partial charge >= 0.3 is 0 Å². The molecule has 7 aromatic carbocycles. The maximum absolute atomic E-state index is 3.79. The molecular weight excluding hydrogens is 532 g/mol. The quantitative estimate of drug-likeness (QED) is 0.221. The summed E-state index contributed by atoms with van der Waals surface area (Å²) >= 11 is 0. The summed E-state index contributed by atoms with van der Waals surface area (Å²) in [6.45, 7) is 0. The Morgan fingerprint density at radius 3 is 1.68 bits per heavy atom. The third-order valence-corrected chi connectivity index (χ3v) is 8.90. The predicted molar refractivity (Wildman–Crippen MR) is 186 cm³/mol. The average Bonchev–Trinajstić information content (AvgIpc) is 3.65. The summed E-state index contributed by atoms with van der Waals surface area (Å²) < 4.78 is 2.46. The third kappa shape index (κ3) is 3.89. The number of hydrogen-bond donors (Lipinski definition) is 1. The van der Waals surface area contributed by atoms with Gasteiger partial charge in [0.2, 0.25) is 0 Å². The van der Waals surface area contributed by atoms with Crippen LogP contribution in [0.15, 0.2) is 164 Å². The van der Waals surface area contributed by atoms with Gasteiger partial charge in [-0.05, 0) is 69.8 Å². The van der Waals surface area contributed by atoms with E-state index in [2.05, 4.69) is 173 Å². The molecular formula is C42H28N2. The van der Waals surface area contributed by atoms with Gasteiger partial charge in [-0.15, -0.1) is 0 Å². The highest BCUT2D eigenvalue weighted by molar-refractivity contribution is 6.22. The van der Waals surface area contributed by atoms with E-state index >= 15 is 0 Å². The highest BCUT2D eigenvalue weighted by atomic mass is 15.0. The summed E-state index contributed by atoms with van der Waals surface area (Å²) in [4.78, 5) is 3.79. The van der Waals surface area contributed by atoms with Gasteiger partial charge in [-0.2, -0.15) is 0 Å². The molecule has 0 saturated carbocycles. The number of nitrogens with one attached hydrogen (secondary N) is 1. The maximum Gasteiger partial charge on any atom is 0.0783 e. The van der Waals surface area contributed by atoms with Crippen LogP contribution in [0.3, 0.4) is 0 Å². The summed E-state index contributed by atoms with van der Waals surface area (Å²) in [6.07, 6.45) is 0. The van der Waals surface area contributed by atoms with Crippen molar-refractivity contribution in [3.8, 4) is 39.1 Å². The number of H-pyrrole nitrogens is 1. The number of nitrogens with zero attached hydrogens (tertiary/aromatic N) is 1. The summed E-state index contributed by atoms with van der Waals surface area (Å²) in [5.74, 6) is 0. The summed E-state index contributed by atoms with van der Waals surface area (Å²) in [5.41, 5.74) is 13.1. The van der Waals surface area contributed by atoms with Crippen LogP contribution in [-0.2, 0) is 0 Å². The van der Waals surface area contributed by atoms with Gasteiger partial charge < -0.3 is 9.55 Å². The number of fused-ring (bicyclic) bond motifs is 7. The molecule has 0 atom stereocenters. The molecule has 0 amide bonds. The monoisotopic (exact) mass is 560 g/mol. The first-order valence-corrected chi connectivity index (χ1v) is 15.1. The van der Waals surface area contributed by atoms with Gasteiger partial charge in [0.1, 0.15) is 0 Å². The van der Waals surface area contributed by atoms with Gasteiger partial charge in [0.05, 0.1) is 16.6 Å². The Labute approximate surface area is 255 Å². The van der Waals surface area contributed by atoms with E-state index < -0.39 is 0 Å². The summed E-state index contributed by atoms with van der Waals surface area (Å²) in [7, 11) is 0. The summed E-state index contributed by atoms with van der Waals surface area (Å²) in [5, 5.41) is 4.99. The predicted octanol–water partition coefficient (Wildman–Crippen LogP) is 11.4. The number of aromatic amines is 1. The molecule has 0 spiro atoms. The lowest BCUT2D eigenvalue weighted by Gasteiger charge is -2.15. The average molecular weight is 561 g/mol. The minimum absolute atomic E-state index is 1.14. The Kier molecular flexibility index (Phi) is 5.54. The Bertz CT molecular complexity index is 2480. The van der Waals surface area contributed by atoms with Crippen LogP contribution in [-0.4, -0.2) is 9.55 Å². The lowest BCUT2D eigenvalue weighted by atomic mass is 9.95. The molecule has 9 aromatic rings. The number of para-hydroxylation sites is 2. The molecule has 1 N–H and O–H groups in total. The second kappa shape index (κ2) is 9.86. The standard InChI is InChI=1S/C42H28N2/c1-3-12-28(13-4-1)30-16-11-17-31(24-30)33-25-32(29-14-5-2-6-15-29)26-34(27-33)44-40-21-10-8-19-36(40)38-23-22-37-35-18-7-9-20-39(35)43-41(37)42(38)44/h1-27,43H. The third-order valence-electron chi connectivity index (χ3n) is 8.90. The molecule has 0 unspecified atom stereocenters. The van der Waals surface area contributed by atoms with E-state index in [0.717, 1.165) is 16.7 Å². The fourth-order valence-corrected chi connectivity index (χ4v) is 6.85. The molecule has 2 aromatic heterocycles. The molecule has 9 rings (SSSR count). The number of rotatable bonds is 4. The minimum Gasteiger partial charge on any atom is -0.353 e. The first kappa shape index (κ1) is 24.7. The van der Waals surface area contributed by atoms with Crippen molar-refractivity contribution in [2.24, 2.45) is 0 Å². The molecule has 0 aliphatic rings. The van der Waals surface area contributed by atoms with E-state index in [9.17, 15) is 0 Å². The topological polar surface area (TPSA) is 20.7 Å². The Balaban J connectivity index is 1.37. The number of benzene rings is 7. The Hall–Kier alpha value is -5.86. The van der Waals surface area contributed by atoms with Crippen molar-refractivity contribution in [1.29, 1.82) is 0 Å². The van der Waals surface area contributed by atoms with Gasteiger partial charge in [0, 0.05) is 32.7 Å². The molecule has 0 aliphatic carbocycles. The van der Waals surface area contributed by atoms with Crippen LogP contribution in [0.4, 0.5) is 0 Å². The fourth-order valence-electron chi connectivity index (χ4n) is 6.85. The van der Waals surface area contributed by atoms with E-state index in [4.69, 9.17) is 0 Å². The van der Waals surface area contributed by atoms with Gasteiger partial charge in [-0.25, -0.2) is 0 Å². The molecule has 206 valence electrons. The van der Waals surface area contributed by atoms with E-state index in [1.807, 2.05) is 0 Å². The zero-order valence-corrected chi connectivity index (χ0v) is 24.0. The molecule has 2 heterocycles. The zero-order chi connectivity index (χ0) is 29.0. The van der Waals surface area contributed by atoms with Crippen molar-refractivity contribution >= 4 is 43.6 Å². The van der Waals surface area contributed by atoms with Crippen molar-refractivity contribution in [1.82, 2.24) is 9.55 Å². The second-order valence-electron chi connectivity index (χ2n) is 11.5. The van der Waals surface area contributed by atoms with Crippen LogP contribution in [0, 0.1) is 0 Å². The molecule has 0 saturated heterocycles. The van der Waals surface area contributed by atoms with Gasteiger partial charge in [0.15, 0.2) is 0 Å². The first-order chi connectivity index (χ1) is 21.8. The normalized spacial score (nSPS) is 11.6. The van der Waals surface area contributed by atoms with Gasteiger partial charge in [0.25, 0.3) is 0 Å². The van der Waals surface area contributed by atoms with Gasteiger partial charge in [-0.3, -0.25) is 0 Å². The van der Waals surface area contributed by atoms with Crippen molar-refractivity contribution in [2.75, 3.05) is 0 Å². The van der Waals surface area contributed by atoms with Crippen molar-refractivity contribution in [2.45, 2.75) is 0 Å². The molecule has 0 bridgehead atoms. The van der Waals surface area contributed by atoms with Crippen LogP contribution in [0.2, 0.25) is 0 Å². The molecule has 2 nitrogen and oxygen atoms in total. The zero-order valence-electron chi connectivity index (χ0n) is 24.0. The van der Waals surface area contributed by atoms with Crippen LogP contribution >= 0.6 is 0 Å². The lowest BCUT2D eigenvalue weighted by molar-refractivity contribution is 1.18. The minimum atomic E-state index is 1.14. The van der Waals surface area contributed by atoms with E-state index in [-0.39, 0.29) is 0 Å². The van der Waals surface area contributed by atoms with E-state index in [0.29, 0.717) is 0 Å².